The number of hydrogen-bond acceptors (Lipinski definition) is 5. The zero-order valence-corrected chi connectivity index (χ0v) is 9.78. The molecule has 94 valence electrons. The van der Waals surface area contributed by atoms with Crippen LogP contribution in [0.2, 0.25) is 0 Å². The fourth-order valence-electron chi connectivity index (χ4n) is 1.77. The van der Waals surface area contributed by atoms with Gasteiger partial charge in [-0.3, -0.25) is 9.78 Å². The van der Waals surface area contributed by atoms with E-state index in [0.717, 1.165) is 0 Å². The number of nitrogens with zero attached hydrogens (tertiary/aromatic N) is 3. The molecule has 0 unspecified atom stereocenters. The molecule has 0 radical (unpaired) electrons. The van der Waals surface area contributed by atoms with E-state index >= 15 is 0 Å². The van der Waals surface area contributed by atoms with Crippen molar-refractivity contribution in [3.05, 3.63) is 42.4 Å². The number of aliphatic carboxylic acids is 1. The Bertz CT molecular complexity index is 737. The largest absolute Gasteiger partial charge is 0.481 e. The van der Waals surface area contributed by atoms with Crippen molar-refractivity contribution < 1.29 is 14.3 Å². The Morgan fingerprint density at radius 2 is 2.21 bits per heavy atom. The van der Waals surface area contributed by atoms with Gasteiger partial charge in [0.1, 0.15) is 11.2 Å². The molecule has 3 rings (SSSR count). The molecule has 6 nitrogen and oxygen atoms in total. The smallest absolute Gasteiger partial charge is 0.307 e. The second-order valence-electron chi connectivity index (χ2n) is 3.98. The van der Waals surface area contributed by atoms with Crippen LogP contribution < -0.4 is 0 Å². The van der Waals surface area contributed by atoms with Crippen LogP contribution in [-0.4, -0.2) is 26.0 Å². The van der Waals surface area contributed by atoms with E-state index in [9.17, 15) is 4.79 Å². The van der Waals surface area contributed by atoms with E-state index in [2.05, 4.69) is 15.0 Å². The summed E-state index contributed by atoms with van der Waals surface area (Å²) >= 11 is 0. The molecule has 0 spiro atoms. The van der Waals surface area contributed by atoms with Crippen molar-refractivity contribution in [2.24, 2.45) is 0 Å². The minimum Gasteiger partial charge on any atom is -0.481 e. The Kier molecular flexibility index (Phi) is 2.68. The molecule has 0 amide bonds. The highest BCUT2D eigenvalue weighted by Gasteiger charge is 2.10. The van der Waals surface area contributed by atoms with Gasteiger partial charge in [-0.25, -0.2) is 9.97 Å². The van der Waals surface area contributed by atoms with Crippen LogP contribution in [0.1, 0.15) is 5.56 Å². The molecule has 0 atom stereocenters. The first-order chi connectivity index (χ1) is 9.22. The van der Waals surface area contributed by atoms with Gasteiger partial charge in [-0.05, 0) is 17.7 Å². The van der Waals surface area contributed by atoms with Gasteiger partial charge in [0.05, 0.1) is 12.6 Å². The van der Waals surface area contributed by atoms with Crippen molar-refractivity contribution in [2.75, 3.05) is 0 Å². The summed E-state index contributed by atoms with van der Waals surface area (Å²) in [5.74, 6) is -0.511. The van der Waals surface area contributed by atoms with Crippen LogP contribution in [0.25, 0.3) is 22.7 Å². The molecule has 0 fully saturated rings. The summed E-state index contributed by atoms with van der Waals surface area (Å²) in [6.07, 6.45) is 4.64. The molecule has 6 heteroatoms. The lowest BCUT2D eigenvalue weighted by Crippen LogP contribution is -1.99. The molecule has 3 aromatic rings. The van der Waals surface area contributed by atoms with Gasteiger partial charge >= 0.3 is 5.97 Å². The third kappa shape index (κ3) is 2.28. The summed E-state index contributed by atoms with van der Waals surface area (Å²) in [6.45, 7) is 0. The highest BCUT2D eigenvalue weighted by atomic mass is 16.4. The number of carboxylic acids is 1. The summed E-state index contributed by atoms with van der Waals surface area (Å²) in [5.41, 5.74) is 2.41. The zero-order valence-electron chi connectivity index (χ0n) is 9.78. The average Bonchev–Trinajstić information content (AvgIpc) is 2.82. The van der Waals surface area contributed by atoms with Crippen LogP contribution in [-0.2, 0) is 11.2 Å². The number of rotatable bonds is 3. The second kappa shape index (κ2) is 4.49. The highest BCUT2D eigenvalue weighted by molar-refractivity contribution is 5.78. The minimum absolute atomic E-state index is 0.0445. The Balaban J connectivity index is 2.04. The van der Waals surface area contributed by atoms with Crippen molar-refractivity contribution in [1.82, 2.24) is 15.0 Å². The molecule has 0 bridgehead atoms. The molecule has 0 aliphatic rings. The van der Waals surface area contributed by atoms with Crippen LogP contribution in [0.3, 0.4) is 0 Å². The van der Waals surface area contributed by atoms with Gasteiger partial charge in [0, 0.05) is 12.4 Å². The van der Waals surface area contributed by atoms with E-state index in [1.165, 1.54) is 0 Å². The monoisotopic (exact) mass is 255 g/mol. The molecule has 1 N–H and O–H groups in total. The van der Waals surface area contributed by atoms with E-state index in [4.69, 9.17) is 9.52 Å². The topological polar surface area (TPSA) is 89.1 Å². The fraction of sp³-hybridized carbons (Fsp3) is 0.0769. The molecule has 0 aliphatic heterocycles. The SMILES string of the molecule is O=C(O)Cc1ccc2nc(-c3cnccn3)oc2c1. The first-order valence-corrected chi connectivity index (χ1v) is 5.60. The minimum atomic E-state index is -0.881. The number of aromatic nitrogens is 3. The molecule has 0 aliphatic carbocycles. The summed E-state index contributed by atoms with van der Waals surface area (Å²) in [6, 6.07) is 5.13. The number of oxazole rings is 1. The van der Waals surface area contributed by atoms with E-state index in [1.807, 2.05) is 0 Å². The van der Waals surface area contributed by atoms with Crippen LogP contribution in [0.4, 0.5) is 0 Å². The van der Waals surface area contributed by atoms with Gasteiger partial charge in [0.15, 0.2) is 5.58 Å². The maximum atomic E-state index is 10.7. The Morgan fingerprint density at radius 3 is 2.95 bits per heavy atom. The predicted molar refractivity (Wildman–Crippen MR) is 66.4 cm³/mol. The van der Waals surface area contributed by atoms with Crippen molar-refractivity contribution in [1.29, 1.82) is 0 Å². The van der Waals surface area contributed by atoms with Gasteiger partial charge in [0.25, 0.3) is 0 Å². The third-order valence-electron chi connectivity index (χ3n) is 2.59. The second-order valence-corrected chi connectivity index (χ2v) is 3.98. The number of carboxylic acid groups (broad SMARTS) is 1. The first-order valence-electron chi connectivity index (χ1n) is 5.60. The van der Waals surface area contributed by atoms with Crippen LogP contribution in [0.5, 0.6) is 0 Å². The number of hydrogen-bond donors (Lipinski definition) is 1. The van der Waals surface area contributed by atoms with Gasteiger partial charge in [0.2, 0.25) is 5.89 Å². The molecule has 0 saturated carbocycles. The third-order valence-corrected chi connectivity index (χ3v) is 2.59. The summed E-state index contributed by atoms with van der Waals surface area (Å²) in [7, 11) is 0. The van der Waals surface area contributed by atoms with Crippen LogP contribution in [0, 0.1) is 0 Å². The molecule has 1 aromatic carbocycles. The Labute approximate surface area is 107 Å². The Hall–Kier alpha value is -2.76. The standard InChI is InChI=1S/C13H9N3O3/c17-12(18)6-8-1-2-9-11(5-8)19-13(16-9)10-7-14-3-4-15-10/h1-5,7H,6H2,(H,17,18). The molecular formula is C13H9N3O3. The maximum Gasteiger partial charge on any atom is 0.307 e. The lowest BCUT2D eigenvalue weighted by Gasteiger charge is -1.94. The summed E-state index contributed by atoms with van der Waals surface area (Å²) in [4.78, 5) is 23.0. The lowest BCUT2D eigenvalue weighted by molar-refractivity contribution is -0.136. The van der Waals surface area contributed by atoms with Gasteiger partial charge in [-0.2, -0.15) is 0 Å². The van der Waals surface area contributed by atoms with Gasteiger partial charge in [-0.1, -0.05) is 6.07 Å². The number of fused-ring (bicyclic) bond motifs is 1. The molecule has 0 saturated heterocycles. The van der Waals surface area contributed by atoms with Crippen molar-refractivity contribution >= 4 is 17.1 Å². The van der Waals surface area contributed by atoms with E-state index in [1.54, 1.807) is 36.8 Å². The summed E-state index contributed by atoms with van der Waals surface area (Å²) in [5, 5.41) is 8.76. The average molecular weight is 255 g/mol. The maximum absolute atomic E-state index is 10.7. The quantitative estimate of drug-likeness (QED) is 0.769. The highest BCUT2D eigenvalue weighted by Crippen LogP contribution is 2.23. The van der Waals surface area contributed by atoms with Crippen molar-refractivity contribution in [3.8, 4) is 11.6 Å². The molecule has 2 heterocycles. The lowest BCUT2D eigenvalue weighted by atomic mass is 10.1. The van der Waals surface area contributed by atoms with Crippen LogP contribution in [0.15, 0.2) is 41.2 Å². The van der Waals surface area contributed by atoms with Crippen LogP contribution >= 0.6 is 0 Å². The number of carbonyl (C=O) groups is 1. The molecule has 2 aromatic heterocycles. The Morgan fingerprint density at radius 1 is 1.32 bits per heavy atom. The molecule has 19 heavy (non-hydrogen) atoms. The van der Waals surface area contributed by atoms with Crippen molar-refractivity contribution in [2.45, 2.75) is 6.42 Å². The fourth-order valence-corrected chi connectivity index (χ4v) is 1.77. The zero-order chi connectivity index (χ0) is 13.2. The predicted octanol–water partition coefficient (Wildman–Crippen LogP) is 1.91. The van der Waals surface area contributed by atoms with Gasteiger partial charge < -0.3 is 9.52 Å². The van der Waals surface area contributed by atoms with E-state index < -0.39 is 5.97 Å². The number of benzene rings is 1. The first kappa shape index (κ1) is 11.3. The molecular weight excluding hydrogens is 246 g/mol. The van der Waals surface area contributed by atoms with E-state index in [-0.39, 0.29) is 6.42 Å². The normalized spacial score (nSPS) is 10.7. The summed E-state index contributed by atoms with van der Waals surface area (Å²) < 4.78 is 5.57. The van der Waals surface area contributed by atoms with Crippen molar-refractivity contribution in [3.63, 3.8) is 0 Å². The van der Waals surface area contributed by atoms with E-state index in [0.29, 0.717) is 28.2 Å². The van der Waals surface area contributed by atoms with Gasteiger partial charge in [-0.15, -0.1) is 0 Å².